The van der Waals surface area contributed by atoms with Gasteiger partial charge in [-0.1, -0.05) is 36.0 Å². The quantitative estimate of drug-likeness (QED) is 0.937. The Kier molecular flexibility index (Phi) is 3.65. The number of benzene rings is 2. The Morgan fingerprint density at radius 1 is 1.05 bits per heavy atom. The highest BCUT2D eigenvalue weighted by atomic mass is 32.2. The fourth-order valence-corrected chi connectivity index (χ4v) is 3.46. The molecule has 20 heavy (non-hydrogen) atoms. The van der Waals surface area contributed by atoms with E-state index in [2.05, 4.69) is 58.7 Å². The van der Waals surface area contributed by atoms with Crippen LogP contribution in [0.4, 0.5) is 11.4 Å². The smallest absolute Gasteiger partial charge is 0.216 e. The van der Waals surface area contributed by atoms with E-state index in [1.165, 1.54) is 21.2 Å². The summed E-state index contributed by atoms with van der Waals surface area (Å²) in [7, 11) is 0. The van der Waals surface area contributed by atoms with Crippen LogP contribution in [0.15, 0.2) is 58.3 Å². The monoisotopic (exact) mass is 284 g/mol. The molecule has 3 rings (SSSR count). The molecule has 1 N–H and O–H groups in total. The van der Waals surface area contributed by atoms with Crippen molar-refractivity contribution in [1.29, 1.82) is 0 Å². The van der Waals surface area contributed by atoms with E-state index in [1.54, 1.807) is 18.7 Å². The van der Waals surface area contributed by atoms with Crippen LogP contribution in [0.2, 0.25) is 0 Å². The van der Waals surface area contributed by atoms with Crippen LogP contribution in [0.5, 0.6) is 0 Å². The first-order valence-electron chi connectivity index (χ1n) is 6.63. The summed E-state index contributed by atoms with van der Waals surface area (Å²) in [6, 6.07) is 16.8. The van der Waals surface area contributed by atoms with Gasteiger partial charge in [0, 0.05) is 29.8 Å². The molecular weight excluding hydrogens is 268 g/mol. The molecule has 1 aliphatic heterocycles. The number of carbonyl (C=O) groups excluding carboxylic acids is 1. The molecule has 0 unspecified atom stereocenters. The first-order valence-corrected chi connectivity index (χ1v) is 7.45. The molecule has 0 saturated carbocycles. The number of hydrogen-bond donors (Lipinski definition) is 1. The Morgan fingerprint density at radius 2 is 1.60 bits per heavy atom. The van der Waals surface area contributed by atoms with Gasteiger partial charge in [-0.15, -0.1) is 0 Å². The Labute approximate surface area is 123 Å². The van der Waals surface area contributed by atoms with Gasteiger partial charge in [0.2, 0.25) is 5.91 Å². The van der Waals surface area contributed by atoms with E-state index in [9.17, 15) is 4.79 Å². The highest BCUT2D eigenvalue weighted by Gasteiger charge is 2.22. The van der Waals surface area contributed by atoms with Crippen molar-refractivity contribution in [3.05, 3.63) is 48.5 Å². The van der Waals surface area contributed by atoms with E-state index in [1.807, 2.05) is 0 Å². The van der Waals surface area contributed by atoms with Crippen molar-refractivity contribution in [3.63, 3.8) is 0 Å². The van der Waals surface area contributed by atoms with E-state index in [0.717, 1.165) is 6.54 Å². The topological polar surface area (TPSA) is 32.3 Å². The molecule has 1 aliphatic rings. The first kappa shape index (κ1) is 13.1. The lowest BCUT2D eigenvalue weighted by molar-refractivity contribution is -0.118. The molecule has 2 aromatic rings. The minimum absolute atomic E-state index is 0.0120. The SMILES string of the molecule is CC(=O)NCCN1c2ccccc2Sc2ccccc21. The fourth-order valence-electron chi connectivity index (χ4n) is 2.37. The molecule has 3 nitrogen and oxygen atoms in total. The van der Waals surface area contributed by atoms with Gasteiger partial charge >= 0.3 is 0 Å². The van der Waals surface area contributed by atoms with Gasteiger partial charge in [-0.3, -0.25) is 4.79 Å². The van der Waals surface area contributed by atoms with Gasteiger partial charge in [0.05, 0.1) is 11.4 Å². The maximum Gasteiger partial charge on any atom is 0.216 e. The summed E-state index contributed by atoms with van der Waals surface area (Å²) < 4.78 is 0. The highest BCUT2D eigenvalue weighted by molar-refractivity contribution is 7.99. The maximum atomic E-state index is 11.0. The molecule has 0 saturated heterocycles. The molecule has 1 amide bonds. The zero-order chi connectivity index (χ0) is 13.9. The predicted molar refractivity (Wildman–Crippen MR) is 82.7 cm³/mol. The summed E-state index contributed by atoms with van der Waals surface area (Å²) in [5.74, 6) is 0.0120. The standard InChI is InChI=1S/C16H16N2OS/c1-12(19)17-10-11-18-13-6-2-4-8-15(13)20-16-9-5-3-7-14(16)18/h2-9H,10-11H2,1H3,(H,17,19). The number of para-hydroxylation sites is 2. The normalized spacial score (nSPS) is 12.6. The number of nitrogens with zero attached hydrogens (tertiary/aromatic N) is 1. The maximum absolute atomic E-state index is 11.0. The fraction of sp³-hybridized carbons (Fsp3) is 0.188. The van der Waals surface area contributed by atoms with Crippen molar-refractivity contribution < 1.29 is 4.79 Å². The Hall–Kier alpha value is -1.94. The third kappa shape index (κ3) is 2.51. The van der Waals surface area contributed by atoms with Crippen LogP contribution in [0.1, 0.15) is 6.92 Å². The molecule has 4 heteroatoms. The Balaban J connectivity index is 1.93. The molecule has 102 valence electrons. The molecule has 0 spiro atoms. The number of nitrogens with one attached hydrogen (secondary N) is 1. The zero-order valence-electron chi connectivity index (χ0n) is 11.3. The highest BCUT2D eigenvalue weighted by Crippen LogP contribution is 2.47. The molecule has 0 aromatic heterocycles. The summed E-state index contributed by atoms with van der Waals surface area (Å²) in [6.45, 7) is 2.96. The molecule has 0 bridgehead atoms. The Bertz CT molecular complexity index is 596. The lowest BCUT2D eigenvalue weighted by atomic mass is 10.2. The second-order valence-electron chi connectivity index (χ2n) is 4.67. The number of amides is 1. The second-order valence-corrected chi connectivity index (χ2v) is 5.76. The molecule has 0 radical (unpaired) electrons. The minimum atomic E-state index is 0.0120. The van der Waals surface area contributed by atoms with Gasteiger partial charge in [0.25, 0.3) is 0 Å². The van der Waals surface area contributed by atoms with Gasteiger partial charge in [-0.2, -0.15) is 0 Å². The summed E-state index contributed by atoms with van der Waals surface area (Å²) in [4.78, 5) is 15.8. The van der Waals surface area contributed by atoms with Crippen molar-refractivity contribution in [3.8, 4) is 0 Å². The van der Waals surface area contributed by atoms with Crippen molar-refractivity contribution in [1.82, 2.24) is 5.32 Å². The van der Waals surface area contributed by atoms with Gasteiger partial charge in [-0.25, -0.2) is 0 Å². The average Bonchev–Trinajstić information content (AvgIpc) is 2.46. The van der Waals surface area contributed by atoms with E-state index in [0.29, 0.717) is 6.54 Å². The molecule has 0 atom stereocenters. The second kappa shape index (κ2) is 5.59. The molecule has 2 aromatic carbocycles. The average molecular weight is 284 g/mol. The number of fused-ring (bicyclic) bond motifs is 2. The van der Waals surface area contributed by atoms with Crippen LogP contribution in [-0.4, -0.2) is 19.0 Å². The molecular formula is C16H16N2OS. The van der Waals surface area contributed by atoms with Crippen LogP contribution in [0.25, 0.3) is 0 Å². The van der Waals surface area contributed by atoms with Gasteiger partial charge in [0.15, 0.2) is 0 Å². The van der Waals surface area contributed by atoms with Crippen molar-refractivity contribution in [2.45, 2.75) is 16.7 Å². The summed E-state index contributed by atoms with van der Waals surface area (Å²) in [6.07, 6.45) is 0. The third-order valence-corrected chi connectivity index (χ3v) is 4.37. The number of anilines is 2. The number of carbonyl (C=O) groups is 1. The summed E-state index contributed by atoms with van der Waals surface area (Å²) >= 11 is 1.80. The summed E-state index contributed by atoms with van der Waals surface area (Å²) in [5.41, 5.74) is 2.42. The molecule has 0 fully saturated rings. The van der Waals surface area contributed by atoms with Crippen LogP contribution >= 0.6 is 11.8 Å². The number of rotatable bonds is 3. The molecule has 1 heterocycles. The van der Waals surface area contributed by atoms with Gasteiger partial charge < -0.3 is 10.2 Å². The van der Waals surface area contributed by atoms with Crippen LogP contribution in [0.3, 0.4) is 0 Å². The number of hydrogen-bond acceptors (Lipinski definition) is 3. The van der Waals surface area contributed by atoms with E-state index in [4.69, 9.17) is 0 Å². The lowest BCUT2D eigenvalue weighted by Crippen LogP contribution is -2.32. The van der Waals surface area contributed by atoms with E-state index >= 15 is 0 Å². The first-order chi connectivity index (χ1) is 9.75. The van der Waals surface area contributed by atoms with E-state index in [-0.39, 0.29) is 5.91 Å². The minimum Gasteiger partial charge on any atom is -0.355 e. The van der Waals surface area contributed by atoms with Crippen molar-refractivity contribution >= 4 is 29.0 Å². The van der Waals surface area contributed by atoms with Crippen LogP contribution in [0, 0.1) is 0 Å². The predicted octanol–water partition coefficient (Wildman–Crippen LogP) is 3.43. The van der Waals surface area contributed by atoms with Crippen molar-refractivity contribution in [2.75, 3.05) is 18.0 Å². The largest absolute Gasteiger partial charge is 0.355 e. The zero-order valence-corrected chi connectivity index (χ0v) is 12.1. The van der Waals surface area contributed by atoms with Crippen LogP contribution in [-0.2, 0) is 4.79 Å². The van der Waals surface area contributed by atoms with Gasteiger partial charge in [0.1, 0.15) is 0 Å². The van der Waals surface area contributed by atoms with Gasteiger partial charge in [-0.05, 0) is 24.3 Å². The van der Waals surface area contributed by atoms with Crippen LogP contribution < -0.4 is 10.2 Å². The van der Waals surface area contributed by atoms with Crippen molar-refractivity contribution in [2.24, 2.45) is 0 Å². The molecule has 0 aliphatic carbocycles. The Morgan fingerprint density at radius 3 is 2.15 bits per heavy atom. The lowest BCUT2D eigenvalue weighted by Gasteiger charge is -2.32. The van der Waals surface area contributed by atoms with E-state index < -0.39 is 0 Å². The third-order valence-electron chi connectivity index (χ3n) is 3.24. The summed E-state index contributed by atoms with van der Waals surface area (Å²) in [5, 5.41) is 2.87.